The van der Waals surface area contributed by atoms with E-state index in [0.717, 1.165) is 6.42 Å². The zero-order chi connectivity index (χ0) is 6.69. The van der Waals surface area contributed by atoms with Gasteiger partial charge < -0.3 is 5.73 Å². The van der Waals surface area contributed by atoms with Crippen LogP contribution in [-0.2, 0) is 0 Å². The molecule has 0 spiro atoms. The van der Waals surface area contributed by atoms with Crippen molar-refractivity contribution in [3.8, 4) is 0 Å². The summed E-state index contributed by atoms with van der Waals surface area (Å²) in [5.41, 5.74) is 7.12. The smallest absolute Gasteiger partial charge is 0.332 e. The normalized spacial score (nSPS) is 16.2. The fourth-order valence-corrected chi connectivity index (χ4v) is 0.606. The number of hydrogen-bond acceptors (Lipinski definition) is 3. The molecule has 0 radical (unpaired) electrons. The van der Waals surface area contributed by atoms with Gasteiger partial charge in [-0.2, -0.15) is 5.10 Å². The number of hydrazone groups is 1. The zero-order valence-electron chi connectivity index (χ0n) is 4.87. The minimum Gasteiger partial charge on any atom is -0.350 e. The molecular formula is C4H8N4O. The van der Waals surface area contributed by atoms with Crippen molar-refractivity contribution in [1.29, 1.82) is 0 Å². The first-order chi connectivity index (χ1) is 4.29. The molecule has 9 heavy (non-hydrogen) atoms. The highest BCUT2D eigenvalue weighted by molar-refractivity contribution is 5.71. The van der Waals surface area contributed by atoms with Crippen LogP contribution >= 0.6 is 0 Å². The molecule has 3 N–H and O–H groups in total. The molecule has 0 bridgehead atoms. The first-order valence-corrected chi connectivity index (χ1v) is 2.65. The van der Waals surface area contributed by atoms with Gasteiger partial charge in [-0.05, 0) is 0 Å². The maximum Gasteiger partial charge on any atom is 0.332 e. The molecule has 1 aliphatic heterocycles. The second-order valence-electron chi connectivity index (χ2n) is 1.69. The van der Waals surface area contributed by atoms with Gasteiger partial charge in [0.25, 0.3) is 0 Å². The standard InChI is InChI=1S/C4H8N4O/c5-4(9)7-8-3-1-2-6-8/h2H,1,3H2,(H3,5,7,9). The van der Waals surface area contributed by atoms with Crippen molar-refractivity contribution < 1.29 is 4.79 Å². The topological polar surface area (TPSA) is 70.7 Å². The first kappa shape index (κ1) is 5.87. The Kier molecular flexibility index (Phi) is 1.53. The quantitative estimate of drug-likeness (QED) is 0.488. The van der Waals surface area contributed by atoms with E-state index in [2.05, 4.69) is 10.5 Å². The van der Waals surface area contributed by atoms with Crippen molar-refractivity contribution in [2.24, 2.45) is 10.8 Å². The van der Waals surface area contributed by atoms with Crippen LogP contribution in [0.5, 0.6) is 0 Å². The highest BCUT2D eigenvalue weighted by atomic mass is 16.2. The van der Waals surface area contributed by atoms with E-state index in [9.17, 15) is 4.79 Å². The Morgan fingerprint density at radius 1 is 1.89 bits per heavy atom. The summed E-state index contributed by atoms with van der Waals surface area (Å²) in [5.74, 6) is 0. The van der Waals surface area contributed by atoms with E-state index in [4.69, 9.17) is 5.73 Å². The van der Waals surface area contributed by atoms with E-state index in [1.54, 1.807) is 6.21 Å². The van der Waals surface area contributed by atoms with E-state index < -0.39 is 6.03 Å². The van der Waals surface area contributed by atoms with Gasteiger partial charge in [0.05, 0.1) is 6.54 Å². The van der Waals surface area contributed by atoms with Crippen LogP contribution in [-0.4, -0.2) is 23.9 Å². The number of carbonyl (C=O) groups excluding carboxylic acids is 1. The molecule has 0 saturated carbocycles. The zero-order valence-corrected chi connectivity index (χ0v) is 4.87. The lowest BCUT2D eigenvalue weighted by molar-refractivity contribution is 0.198. The van der Waals surface area contributed by atoms with Crippen LogP contribution in [0.2, 0.25) is 0 Å². The number of nitrogens with zero attached hydrogens (tertiary/aromatic N) is 2. The SMILES string of the molecule is NC(=O)NN1CCC=N1. The number of hydrogen-bond donors (Lipinski definition) is 2. The number of carbonyl (C=O) groups is 1. The van der Waals surface area contributed by atoms with Gasteiger partial charge in [-0.3, -0.25) is 0 Å². The molecule has 50 valence electrons. The number of hydrazine groups is 1. The molecule has 1 aliphatic rings. The van der Waals surface area contributed by atoms with E-state index in [0.29, 0.717) is 6.54 Å². The minimum absolute atomic E-state index is 0.575. The van der Waals surface area contributed by atoms with Crippen LogP contribution in [0.4, 0.5) is 4.79 Å². The predicted octanol–water partition coefficient (Wildman–Crippen LogP) is -0.739. The Morgan fingerprint density at radius 3 is 3.11 bits per heavy atom. The number of amides is 2. The molecule has 0 fully saturated rings. The summed E-state index contributed by atoms with van der Waals surface area (Å²) >= 11 is 0. The Bertz CT molecular complexity index is 144. The Hall–Kier alpha value is -1.26. The highest BCUT2D eigenvalue weighted by Crippen LogP contribution is 1.92. The molecule has 0 aromatic carbocycles. The van der Waals surface area contributed by atoms with Gasteiger partial charge in [-0.25, -0.2) is 15.3 Å². The van der Waals surface area contributed by atoms with Gasteiger partial charge in [0.1, 0.15) is 0 Å². The average Bonchev–Trinajstić information content (AvgIpc) is 2.15. The fraction of sp³-hybridized carbons (Fsp3) is 0.500. The van der Waals surface area contributed by atoms with Gasteiger partial charge in [-0.15, -0.1) is 0 Å². The highest BCUT2D eigenvalue weighted by Gasteiger charge is 2.05. The Labute approximate surface area is 52.5 Å². The van der Waals surface area contributed by atoms with Gasteiger partial charge >= 0.3 is 6.03 Å². The second kappa shape index (κ2) is 2.34. The van der Waals surface area contributed by atoms with Gasteiger partial charge in [0.2, 0.25) is 0 Å². The second-order valence-corrected chi connectivity index (χ2v) is 1.69. The molecular weight excluding hydrogens is 120 g/mol. The van der Waals surface area contributed by atoms with Crippen molar-refractivity contribution in [1.82, 2.24) is 10.5 Å². The summed E-state index contributed by atoms with van der Waals surface area (Å²) in [7, 11) is 0. The lowest BCUT2D eigenvalue weighted by Gasteiger charge is -2.11. The molecule has 1 heterocycles. The molecule has 0 aliphatic carbocycles. The Balaban J connectivity index is 2.28. The third-order valence-corrected chi connectivity index (χ3v) is 0.930. The first-order valence-electron chi connectivity index (χ1n) is 2.65. The third-order valence-electron chi connectivity index (χ3n) is 0.930. The third kappa shape index (κ3) is 1.60. The maximum absolute atomic E-state index is 10.2. The van der Waals surface area contributed by atoms with Gasteiger partial charge in [0.15, 0.2) is 0 Å². The van der Waals surface area contributed by atoms with Crippen LogP contribution in [0.1, 0.15) is 6.42 Å². The molecule has 2 amide bonds. The van der Waals surface area contributed by atoms with Crippen molar-refractivity contribution in [3.63, 3.8) is 0 Å². The van der Waals surface area contributed by atoms with Crippen LogP contribution in [0.15, 0.2) is 5.10 Å². The monoisotopic (exact) mass is 128 g/mol. The summed E-state index contributed by atoms with van der Waals surface area (Å²) in [6, 6.07) is -0.575. The lowest BCUT2D eigenvalue weighted by Crippen LogP contribution is -2.40. The number of primary amides is 1. The average molecular weight is 128 g/mol. The van der Waals surface area contributed by atoms with Crippen LogP contribution in [0, 0.1) is 0 Å². The number of nitrogens with one attached hydrogen (secondary N) is 1. The molecule has 5 nitrogen and oxygen atoms in total. The van der Waals surface area contributed by atoms with Crippen molar-refractivity contribution >= 4 is 12.2 Å². The molecule has 0 aromatic heterocycles. The van der Waals surface area contributed by atoms with Crippen LogP contribution in [0.3, 0.4) is 0 Å². The summed E-state index contributed by atoms with van der Waals surface area (Å²) in [5, 5.41) is 5.18. The van der Waals surface area contributed by atoms with Gasteiger partial charge in [-0.1, -0.05) is 0 Å². The summed E-state index contributed by atoms with van der Waals surface area (Å²) in [6.07, 6.45) is 2.58. The lowest BCUT2D eigenvalue weighted by atomic mass is 10.5. The molecule has 0 atom stereocenters. The van der Waals surface area contributed by atoms with Gasteiger partial charge in [0, 0.05) is 12.6 Å². The predicted molar refractivity (Wildman–Crippen MR) is 32.5 cm³/mol. The molecule has 5 heteroatoms. The number of nitrogens with two attached hydrogens (primary N) is 1. The van der Waals surface area contributed by atoms with Crippen molar-refractivity contribution in [2.75, 3.05) is 6.54 Å². The molecule has 1 rings (SSSR count). The summed E-state index contributed by atoms with van der Waals surface area (Å²) in [6.45, 7) is 0.711. The van der Waals surface area contributed by atoms with Crippen molar-refractivity contribution in [3.05, 3.63) is 0 Å². The minimum atomic E-state index is -0.575. The van der Waals surface area contributed by atoms with E-state index in [1.165, 1.54) is 5.12 Å². The molecule has 0 unspecified atom stereocenters. The van der Waals surface area contributed by atoms with Crippen molar-refractivity contribution in [2.45, 2.75) is 6.42 Å². The van der Waals surface area contributed by atoms with E-state index in [-0.39, 0.29) is 0 Å². The molecule has 0 aromatic rings. The largest absolute Gasteiger partial charge is 0.350 e. The Morgan fingerprint density at radius 2 is 2.67 bits per heavy atom. The van der Waals surface area contributed by atoms with E-state index in [1.807, 2.05) is 0 Å². The number of urea groups is 1. The fourth-order valence-electron chi connectivity index (χ4n) is 0.606. The molecule has 0 saturated heterocycles. The number of rotatable bonds is 1. The van der Waals surface area contributed by atoms with E-state index >= 15 is 0 Å². The maximum atomic E-state index is 10.2. The summed E-state index contributed by atoms with van der Waals surface area (Å²) < 4.78 is 0. The van der Waals surface area contributed by atoms with Crippen LogP contribution in [0.25, 0.3) is 0 Å². The van der Waals surface area contributed by atoms with Crippen LogP contribution < -0.4 is 11.2 Å². The summed E-state index contributed by atoms with van der Waals surface area (Å²) in [4.78, 5) is 10.2.